The molecule has 0 aliphatic carbocycles. The fourth-order valence-corrected chi connectivity index (χ4v) is 1.26. The van der Waals surface area contributed by atoms with Crippen molar-refractivity contribution in [3.8, 4) is 0 Å². The summed E-state index contributed by atoms with van der Waals surface area (Å²) >= 11 is 4.87. The number of nitrogens with two attached hydrogens (primary N) is 1. The van der Waals surface area contributed by atoms with Crippen molar-refractivity contribution in [1.29, 1.82) is 0 Å². The van der Waals surface area contributed by atoms with Gasteiger partial charge in [-0.3, -0.25) is 0 Å². The van der Waals surface area contributed by atoms with E-state index in [0.29, 0.717) is 31.4 Å². The molecule has 1 aromatic rings. The van der Waals surface area contributed by atoms with Gasteiger partial charge in [0.1, 0.15) is 10.7 Å². The fourth-order valence-electron chi connectivity index (χ4n) is 1.15. The topological polar surface area (TPSA) is 73.1 Å². The summed E-state index contributed by atoms with van der Waals surface area (Å²) in [5.74, 6) is 0.530. The van der Waals surface area contributed by atoms with Crippen LogP contribution in [0, 0.1) is 6.92 Å². The summed E-state index contributed by atoms with van der Waals surface area (Å²) in [6, 6.07) is 1.76. The molecule has 6 heteroatoms. The number of aryl methyl sites for hydroxylation is 1. The van der Waals surface area contributed by atoms with E-state index in [1.54, 1.807) is 6.07 Å². The third-order valence-electron chi connectivity index (χ3n) is 1.84. The van der Waals surface area contributed by atoms with Crippen LogP contribution in [0.2, 0.25) is 0 Å². The number of rotatable bonds is 6. The lowest BCUT2D eigenvalue weighted by molar-refractivity contribution is 0.158. The molecule has 0 radical (unpaired) electrons. The Balaban J connectivity index is 2.62. The molecule has 0 aliphatic rings. The number of hydrogen-bond acceptors (Lipinski definition) is 5. The Bertz CT molecular complexity index is 370. The van der Waals surface area contributed by atoms with Crippen molar-refractivity contribution in [1.82, 2.24) is 9.97 Å². The van der Waals surface area contributed by atoms with Gasteiger partial charge in [0.15, 0.2) is 0 Å². The van der Waals surface area contributed by atoms with Gasteiger partial charge in [-0.15, -0.1) is 0 Å². The van der Waals surface area contributed by atoms with Crippen molar-refractivity contribution < 1.29 is 4.74 Å². The highest BCUT2D eigenvalue weighted by Gasteiger charge is 2.03. The summed E-state index contributed by atoms with van der Waals surface area (Å²) in [4.78, 5) is 8.68. The summed E-state index contributed by atoms with van der Waals surface area (Å²) in [5.41, 5.74) is 6.93. The van der Waals surface area contributed by atoms with Gasteiger partial charge in [-0.25, -0.2) is 9.97 Å². The van der Waals surface area contributed by atoms with Crippen LogP contribution in [0.1, 0.15) is 18.3 Å². The van der Waals surface area contributed by atoms with E-state index in [4.69, 9.17) is 22.7 Å². The van der Waals surface area contributed by atoms with Crippen LogP contribution in [0.3, 0.4) is 0 Å². The highest BCUT2D eigenvalue weighted by Crippen LogP contribution is 2.04. The van der Waals surface area contributed by atoms with E-state index in [1.807, 2.05) is 13.8 Å². The molecule has 0 unspecified atom stereocenters. The number of thiocarbonyl (C=S) groups is 1. The molecular weight excluding hydrogens is 224 g/mol. The Morgan fingerprint density at radius 1 is 1.56 bits per heavy atom. The standard InChI is InChI=1S/C10H16N4OS/c1-3-15-5-4-12-10-13-7(2)6-8(14-10)9(11)16/h6H,3-5H2,1-2H3,(H2,11,16)(H,12,13,14). The predicted octanol–water partition coefficient (Wildman–Crippen LogP) is 0.868. The van der Waals surface area contributed by atoms with Crippen LogP contribution in [0.4, 0.5) is 5.95 Å². The SMILES string of the molecule is CCOCCNc1nc(C)cc(C(N)=S)n1. The molecule has 88 valence electrons. The summed E-state index contributed by atoms with van der Waals surface area (Å²) in [6.45, 7) is 5.81. The number of nitrogens with one attached hydrogen (secondary N) is 1. The van der Waals surface area contributed by atoms with E-state index in [-0.39, 0.29) is 4.99 Å². The minimum Gasteiger partial charge on any atom is -0.388 e. The van der Waals surface area contributed by atoms with Crippen molar-refractivity contribution in [3.05, 3.63) is 17.5 Å². The van der Waals surface area contributed by atoms with Crippen LogP contribution in [-0.4, -0.2) is 34.7 Å². The van der Waals surface area contributed by atoms with Gasteiger partial charge in [-0.1, -0.05) is 12.2 Å². The number of hydrogen-bond donors (Lipinski definition) is 2. The molecule has 3 N–H and O–H groups in total. The maximum Gasteiger partial charge on any atom is 0.223 e. The van der Waals surface area contributed by atoms with Crippen LogP contribution in [0.5, 0.6) is 0 Å². The Morgan fingerprint density at radius 3 is 2.94 bits per heavy atom. The second-order valence-electron chi connectivity index (χ2n) is 3.21. The average Bonchev–Trinajstić information content (AvgIpc) is 2.23. The van der Waals surface area contributed by atoms with Gasteiger partial charge in [-0.05, 0) is 19.9 Å². The van der Waals surface area contributed by atoms with Gasteiger partial charge in [0.25, 0.3) is 0 Å². The molecular formula is C10H16N4OS. The van der Waals surface area contributed by atoms with Gasteiger partial charge in [0.05, 0.1) is 6.61 Å². The van der Waals surface area contributed by atoms with Crippen LogP contribution in [0.15, 0.2) is 6.07 Å². The molecule has 16 heavy (non-hydrogen) atoms. The molecule has 1 aromatic heterocycles. The first-order valence-electron chi connectivity index (χ1n) is 5.10. The minimum atomic E-state index is 0.276. The monoisotopic (exact) mass is 240 g/mol. The molecule has 0 fully saturated rings. The van der Waals surface area contributed by atoms with Crippen molar-refractivity contribution in [2.75, 3.05) is 25.1 Å². The van der Waals surface area contributed by atoms with Crippen LogP contribution in [0.25, 0.3) is 0 Å². The van der Waals surface area contributed by atoms with Gasteiger partial charge < -0.3 is 15.8 Å². The maximum atomic E-state index is 5.52. The zero-order valence-corrected chi connectivity index (χ0v) is 10.3. The Hall–Kier alpha value is -1.27. The number of anilines is 1. The molecule has 5 nitrogen and oxygen atoms in total. The lowest BCUT2D eigenvalue weighted by Gasteiger charge is -2.07. The first-order chi connectivity index (χ1) is 7.63. The highest BCUT2D eigenvalue weighted by molar-refractivity contribution is 7.80. The summed E-state index contributed by atoms with van der Waals surface area (Å²) in [6.07, 6.45) is 0. The molecule has 1 rings (SSSR count). The van der Waals surface area contributed by atoms with Gasteiger partial charge in [0, 0.05) is 18.8 Å². The van der Waals surface area contributed by atoms with Crippen molar-refractivity contribution >= 4 is 23.2 Å². The largest absolute Gasteiger partial charge is 0.388 e. The summed E-state index contributed by atoms with van der Waals surface area (Å²) < 4.78 is 5.19. The van der Waals surface area contributed by atoms with E-state index >= 15 is 0 Å². The summed E-state index contributed by atoms with van der Waals surface area (Å²) in [7, 11) is 0. The van der Waals surface area contributed by atoms with E-state index in [0.717, 1.165) is 5.69 Å². The van der Waals surface area contributed by atoms with Gasteiger partial charge >= 0.3 is 0 Å². The molecule has 0 saturated carbocycles. The van der Waals surface area contributed by atoms with E-state index in [9.17, 15) is 0 Å². The molecule has 0 aliphatic heterocycles. The zero-order chi connectivity index (χ0) is 12.0. The van der Waals surface area contributed by atoms with Crippen LogP contribution in [-0.2, 0) is 4.74 Å². The lowest BCUT2D eigenvalue weighted by atomic mass is 10.3. The number of ether oxygens (including phenoxy) is 1. The number of nitrogens with zero attached hydrogens (tertiary/aromatic N) is 2. The van der Waals surface area contributed by atoms with Gasteiger partial charge in [-0.2, -0.15) is 0 Å². The molecule has 0 aromatic carbocycles. The lowest BCUT2D eigenvalue weighted by Crippen LogP contribution is -2.16. The third-order valence-corrected chi connectivity index (χ3v) is 2.05. The normalized spacial score (nSPS) is 10.1. The maximum absolute atomic E-state index is 5.52. The highest BCUT2D eigenvalue weighted by atomic mass is 32.1. The minimum absolute atomic E-state index is 0.276. The molecule has 0 spiro atoms. The first kappa shape index (κ1) is 12.8. The Labute approximate surface area is 100 Å². The zero-order valence-electron chi connectivity index (χ0n) is 9.49. The summed E-state index contributed by atoms with van der Waals surface area (Å²) in [5, 5.41) is 3.05. The molecule has 0 atom stereocenters. The second kappa shape index (κ2) is 6.34. The Morgan fingerprint density at radius 2 is 2.31 bits per heavy atom. The molecule has 0 bridgehead atoms. The van der Waals surface area contributed by atoms with Crippen molar-refractivity contribution in [2.45, 2.75) is 13.8 Å². The van der Waals surface area contributed by atoms with E-state index < -0.39 is 0 Å². The van der Waals surface area contributed by atoms with Crippen molar-refractivity contribution in [2.24, 2.45) is 5.73 Å². The van der Waals surface area contributed by atoms with Gasteiger partial charge in [0.2, 0.25) is 5.95 Å². The quantitative estimate of drug-likeness (QED) is 0.568. The second-order valence-corrected chi connectivity index (χ2v) is 3.65. The molecule has 0 saturated heterocycles. The third kappa shape index (κ3) is 4.08. The predicted molar refractivity (Wildman–Crippen MR) is 67.6 cm³/mol. The van der Waals surface area contributed by atoms with Crippen LogP contribution >= 0.6 is 12.2 Å². The van der Waals surface area contributed by atoms with E-state index in [1.165, 1.54) is 0 Å². The van der Waals surface area contributed by atoms with Crippen LogP contribution < -0.4 is 11.1 Å². The number of aromatic nitrogens is 2. The fraction of sp³-hybridized carbons (Fsp3) is 0.500. The smallest absolute Gasteiger partial charge is 0.223 e. The molecule has 1 heterocycles. The van der Waals surface area contributed by atoms with Crippen molar-refractivity contribution in [3.63, 3.8) is 0 Å². The molecule has 0 amide bonds. The Kier molecular flexibility index (Phi) is 5.07. The van der Waals surface area contributed by atoms with E-state index in [2.05, 4.69) is 15.3 Å². The average molecular weight is 240 g/mol. The first-order valence-corrected chi connectivity index (χ1v) is 5.51.